The summed E-state index contributed by atoms with van der Waals surface area (Å²) in [5, 5.41) is 2.83. The van der Waals surface area contributed by atoms with Gasteiger partial charge in [0.25, 0.3) is 11.8 Å². The highest BCUT2D eigenvalue weighted by atomic mass is 16.5. The molecule has 3 rings (SSSR count). The van der Waals surface area contributed by atoms with E-state index < -0.39 is 11.9 Å². The lowest BCUT2D eigenvalue weighted by molar-refractivity contribution is -0.130. The van der Waals surface area contributed by atoms with Crippen LogP contribution in [0.3, 0.4) is 0 Å². The van der Waals surface area contributed by atoms with Crippen LogP contribution in [0.2, 0.25) is 0 Å². The maximum absolute atomic E-state index is 12.7. The van der Waals surface area contributed by atoms with Crippen molar-refractivity contribution < 1.29 is 19.1 Å². The minimum Gasteiger partial charge on any atom is -0.474 e. The fourth-order valence-corrected chi connectivity index (χ4v) is 3.87. The highest BCUT2D eigenvalue weighted by molar-refractivity contribution is 6.04. The standard InChI is InChI=1S/C20H28N4O4/c1-3-12(2)11-16-19(26)24(20(27)23-16)13-6-8-14(9-7-13)28-18-15(17(21)25)5-4-10-22-18/h4-5,10,12-14,16H,3,6-9,11H2,1-2H3,(H2,21,25)(H,23,27)/t12?,13-,14-,16?. The second-order valence-electron chi connectivity index (χ2n) is 7.73. The predicted molar refractivity (Wildman–Crippen MR) is 103 cm³/mol. The Morgan fingerprint density at radius 3 is 2.71 bits per heavy atom. The lowest BCUT2D eigenvalue weighted by Gasteiger charge is -2.33. The van der Waals surface area contributed by atoms with Gasteiger partial charge in [0, 0.05) is 12.2 Å². The summed E-state index contributed by atoms with van der Waals surface area (Å²) in [5.41, 5.74) is 5.62. The van der Waals surface area contributed by atoms with Gasteiger partial charge in [-0.05, 0) is 50.2 Å². The number of nitrogens with two attached hydrogens (primary N) is 1. The van der Waals surface area contributed by atoms with E-state index in [9.17, 15) is 14.4 Å². The highest BCUT2D eigenvalue weighted by Gasteiger charge is 2.43. The number of imide groups is 1. The first kappa shape index (κ1) is 20.1. The van der Waals surface area contributed by atoms with Crippen molar-refractivity contribution in [1.29, 1.82) is 0 Å². The van der Waals surface area contributed by atoms with Crippen LogP contribution in [-0.2, 0) is 4.79 Å². The molecule has 152 valence electrons. The van der Waals surface area contributed by atoms with Crippen molar-refractivity contribution in [3.8, 4) is 5.88 Å². The molecule has 28 heavy (non-hydrogen) atoms. The second-order valence-corrected chi connectivity index (χ2v) is 7.73. The molecule has 1 aliphatic heterocycles. The first-order chi connectivity index (χ1) is 13.4. The van der Waals surface area contributed by atoms with Gasteiger partial charge in [0.2, 0.25) is 5.88 Å². The summed E-state index contributed by atoms with van der Waals surface area (Å²) in [6.45, 7) is 4.17. The molecule has 0 aromatic carbocycles. The normalized spacial score (nSPS) is 26.1. The third kappa shape index (κ3) is 4.26. The van der Waals surface area contributed by atoms with Gasteiger partial charge in [-0.2, -0.15) is 0 Å². The van der Waals surface area contributed by atoms with E-state index in [0.29, 0.717) is 38.0 Å². The van der Waals surface area contributed by atoms with Gasteiger partial charge in [-0.1, -0.05) is 20.3 Å². The SMILES string of the molecule is CCC(C)CC1NC(=O)N([C@H]2CC[C@H](Oc3ncccc3C(N)=O)CC2)C1=O. The zero-order valence-electron chi connectivity index (χ0n) is 16.4. The average Bonchev–Trinajstić information content (AvgIpc) is 2.96. The molecule has 1 saturated heterocycles. The molecule has 3 N–H and O–H groups in total. The fraction of sp³-hybridized carbons (Fsp3) is 0.600. The Morgan fingerprint density at radius 1 is 1.36 bits per heavy atom. The summed E-state index contributed by atoms with van der Waals surface area (Å²) in [6, 6.07) is 2.40. The molecule has 1 aromatic rings. The zero-order chi connectivity index (χ0) is 20.3. The Bertz CT molecular complexity index is 745. The quantitative estimate of drug-likeness (QED) is 0.695. The monoisotopic (exact) mass is 388 g/mol. The van der Waals surface area contributed by atoms with Crippen molar-refractivity contribution in [2.45, 2.75) is 70.6 Å². The van der Waals surface area contributed by atoms with Gasteiger partial charge in [0.05, 0.1) is 0 Å². The van der Waals surface area contributed by atoms with E-state index in [-0.39, 0.29) is 35.5 Å². The Hall–Kier alpha value is -2.64. The number of carbonyl (C=O) groups excluding carboxylic acids is 3. The highest BCUT2D eigenvalue weighted by Crippen LogP contribution is 2.30. The molecular weight excluding hydrogens is 360 g/mol. The number of nitrogens with one attached hydrogen (secondary N) is 1. The summed E-state index contributed by atoms with van der Waals surface area (Å²) in [6.07, 6.45) is 5.75. The number of nitrogens with zero attached hydrogens (tertiary/aromatic N) is 2. The smallest absolute Gasteiger partial charge is 0.325 e. The number of aromatic nitrogens is 1. The number of rotatable bonds is 7. The first-order valence-corrected chi connectivity index (χ1v) is 9.95. The maximum Gasteiger partial charge on any atom is 0.325 e. The van der Waals surface area contributed by atoms with E-state index in [2.05, 4.69) is 24.1 Å². The molecule has 8 heteroatoms. The average molecular weight is 388 g/mol. The fourth-order valence-electron chi connectivity index (χ4n) is 3.87. The van der Waals surface area contributed by atoms with E-state index in [1.54, 1.807) is 18.3 Å². The van der Waals surface area contributed by atoms with Gasteiger partial charge >= 0.3 is 6.03 Å². The lowest BCUT2D eigenvalue weighted by Crippen LogP contribution is -2.44. The molecule has 8 nitrogen and oxygen atoms in total. The molecule has 2 unspecified atom stereocenters. The van der Waals surface area contributed by atoms with Gasteiger partial charge in [0.1, 0.15) is 17.7 Å². The maximum atomic E-state index is 12.7. The largest absolute Gasteiger partial charge is 0.474 e. The molecule has 2 heterocycles. The minimum absolute atomic E-state index is 0.115. The minimum atomic E-state index is -0.580. The topological polar surface area (TPSA) is 115 Å². The number of primary amides is 1. The number of pyridine rings is 1. The van der Waals surface area contributed by atoms with Crippen LogP contribution in [0.25, 0.3) is 0 Å². The van der Waals surface area contributed by atoms with Gasteiger partial charge in [-0.3, -0.25) is 14.5 Å². The summed E-state index contributed by atoms with van der Waals surface area (Å²) in [7, 11) is 0. The van der Waals surface area contributed by atoms with Crippen molar-refractivity contribution >= 4 is 17.8 Å². The number of amides is 4. The number of hydrogen-bond acceptors (Lipinski definition) is 5. The van der Waals surface area contributed by atoms with Gasteiger partial charge in [-0.25, -0.2) is 9.78 Å². The molecule has 4 amide bonds. The van der Waals surface area contributed by atoms with Crippen molar-refractivity contribution in [2.24, 2.45) is 11.7 Å². The van der Waals surface area contributed by atoms with E-state index >= 15 is 0 Å². The van der Waals surface area contributed by atoms with Gasteiger partial charge in [0.15, 0.2) is 0 Å². The summed E-state index contributed by atoms with van der Waals surface area (Å²) in [4.78, 5) is 42.1. The Kier molecular flexibility index (Phi) is 6.16. The molecule has 1 aliphatic carbocycles. The van der Waals surface area contributed by atoms with Crippen LogP contribution < -0.4 is 15.8 Å². The molecule has 1 aromatic heterocycles. The second kappa shape index (κ2) is 8.58. The van der Waals surface area contributed by atoms with Crippen LogP contribution in [0.4, 0.5) is 4.79 Å². The summed E-state index contributed by atoms with van der Waals surface area (Å²) >= 11 is 0. The Balaban J connectivity index is 1.58. The van der Waals surface area contributed by atoms with Crippen molar-refractivity contribution in [3.05, 3.63) is 23.9 Å². The third-order valence-electron chi connectivity index (χ3n) is 5.71. The van der Waals surface area contributed by atoms with Gasteiger partial charge in [-0.15, -0.1) is 0 Å². The Morgan fingerprint density at radius 2 is 2.07 bits per heavy atom. The number of urea groups is 1. The van der Waals surface area contributed by atoms with E-state index in [1.807, 2.05) is 0 Å². The third-order valence-corrected chi connectivity index (χ3v) is 5.71. The van der Waals surface area contributed by atoms with E-state index in [1.165, 1.54) is 4.90 Å². The predicted octanol–water partition coefficient (Wildman–Crippen LogP) is 2.23. The molecular formula is C20H28N4O4. The molecule has 2 atom stereocenters. The van der Waals surface area contributed by atoms with Crippen LogP contribution in [0.15, 0.2) is 18.3 Å². The van der Waals surface area contributed by atoms with Crippen molar-refractivity contribution in [2.75, 3.05) is 0 Å². The number of carbonyl (C=O) groups is 3. The van der Waals surface area contributed by atoms with E-state index in [4.69, 9.17) is 10.5 Å². The van der Waals surface area contributed by atoms with Crippen LogP contribution in [0.1, 0.15) is 62.7 Å². The van der Waals surface area contributed by atoms with Crippen LogP contribution in [0.5, 0.6) is 5.88 Å². The van der Waals surface area contributed by atoms with Crippen LogP contribution >= 0.6 is 0 Å². The van der Waals surface area contributed by atoms with Crippen LogP contribution in [-0.4, -0.2) is 45.9 Å². The van der Waals surface area contributed by atoms with Crippen molar-refractivity contribution in [1.82, 2.24) is 15.2 Å². The van der Waals surface area contributed by atoms with Crippen molar-refractivity contribution in [3.63, 3.8) is 0 Å². The lowest BCUT2D eigenvalue weighted by atomic mass is 9.91. The van der Waals surface area contributed by atoms with E-state index in [0.717, 1.165) is 6.42 Å². The molecule has 0 radical (unpaired) electrons. The summed E-state index contributed by atoms with van der Waals surface area (Å²) < 4.78 is 5.88. The first-order valence-electron chi connectivity index (χ1n) is 9.95. The number of ether oxygens (including phenoxy) is 1. The van der Waals surface area contributed by atoms with Gasteiger partial charge < -0.3 is 15.8 Å². The zero-order valence-corrected chi connectivity index (χ0v) is 16.4. The molecule has 1 saturated carbocycles. The number of hydrogen-bond donors (Lipinski definition) is 2. The molecule has 2 aliphatic rings. The molecule has 0 spiro atoms. The van der Waals surface area contributed by atoms with Crippen LogP contribution in [0, 0.1) is 5.92 Å². The Labute approximate surface area is 164 Å². The molecule has 0 bridgehead atoms. The molecule has 2 fully saturated rings. The summed E-state index contributed by atoms with van der Waals surface area (Å²) in [5.74, 6) is -0.0721.